The summed E-state index contributed by atoms with van der Waals surface area (Å²) >= 11 is 0. The molecule has 0 amide bonds. The molecule has 0 unspecified atom stereocenters. The van der Waals surface area contributed by atoms with E-state index in [1.54, 1.807) is 42.5 Å². The SMILES string of the molecule is N#Cc1cc(C(F)(F)F)[nH]c1C(=O)c1cccc2ccccc12. The fraction of sp³-hybridized carbons (Fsp3) is 0.0588. The third-order valence-electron chi connectivity index (χ3n) is 3.50. The number of rotatable bonds is 2. The van der Waals surface area contributed by atoms with Gasteiger partial charge >= 0.3 is 6.18 Å². The van der Waals surface area contributed by atoms with Gasteiger partial charge in [-0.2, -0.15) is 18.4 Å². The van der Waals surface area contributed by atoms with Gasteiger partial charge in [0.05, 0.1) is 5.56 Å². The van der Waals surface area contributed by atoms with Crippen LogP contribution in [0.5, 0.6) is 0 Å². The van der Waals surface area contributed by atoms with Gasteiger partial charge in [-0.25, -0.2) is 0 Å². The van der Waals surface area contributed by atoms with Gasteiger partial charge < -0.3 is 4.98 Å². The third-order valence-corrected chi connectivity index (χ3v) is 3.50. The number of nitrogens with zero attached hydrogens (tertiary/aromatic N) is 1. The standard InChI is InChI=1S/C17H9F3N2O/c18-17(19,20)14-8-11(9-21)15(22-14)16(23)13-7-3-5-10-4-1-2-6-12(10)13/h1-8,22H. The Labute approximate surface area is 129 Å². The molecule has 0 radical (unpaired) electrons. The van der Waals surface area contributed by atoms with Crippen LogP contribution < -0.4 is 0 Å². The topological polar surface area (TPSA) is 56.6 Å². The highest BCUT2D eigenvalue weighted by atomic mass is 19.4. The number of hydrogen-bond acceptors (Lipinski definition) is 2. The molecule has 3 nitrogen and oxygen atoms in total. The van der Waals surface area contributed by atoms with Crippen molar-refractivity contribution in [1.29, 1.82) is 5.26 Å². The summed E-state index contributed by atoms with van der Waals surface area (Å²) < 4.78 is 38.4. The number of carbonyl (C=O) groups is 1. The number of fused-ring (bicyclic) bond motifs is 1. The van der Waals surface area contributed by atoms with Crippen LogP contribution in [0.3, 0.4) is 0 Å². The zero-order valence-corrected chi connectivity index (χ0v) is 11.6. The monoisotopic (exact) mass is 314 g/mol. The van der Waals surface area contributed by atoms with E-state index >= 15 is 0 Å². The van der Waals surface area contributed by atoms with Gasteiger partial charge in [0.2, 0.25) is 5.78 Å². The van der Waals surface area contributed by atoms with Gasteiger partial charge in [-0.05, 0) is 16.8 Å². The highest BCUT2D eigenvalue weighted by Gasteiger charge is 2.34. The van der Waals surface area contributed by atoms with Crippen LogP contribution in [-0.2, 0) is 6.18 Å². The summed E-state index contributed by atoms with van der Waals surface area (Å²) in [6, 6.07) is 14.3. The summed E-state index contributed by atoms with van der Waals surface area (Å²) in [4.78, 5) is 14.7. The Balaban J connectivity index is 2.17. The number of nitrogens with one attached hydrogen (secondary N) is 1. The maximum absolute atomic E-state index is 12.8. The van der Waals surface area contributed by atoms with Crippen LogP contribution >= 0.6 is 0 Å². The average molecular weight is 314 g/mol. The molecular formula is C17H9F3N2O. The normalized spacial score (nSPS) is 11.4. The smallest absolute Gasteiger partial charge is 0.347 e. The van der Waals surface area contributed by atoms with Crippen LogP contribution in [0.4, 0.5) is 13.2 Å². The van der Waals surface area contributed by atoms with Crippen LogP contribution in [0, 0.1) is 11.3 Å². The molecule has 114 valence electrons. The lowest BCUT2D eigenvalue weighted by atomic mass is 9.99. The van der Waals surface area contributed by atoms with Crippen molar-refractivity contribution in [2.75, 3.05) is 0 Å². The number of ketones is 1. The summed E-state index contributed by atoms with van der Waals surface area (Å²) in [7, 11) is 0. The summed E-state index contributed by atoms with van der Waals surface area (Å²) in [5, 5.41) is 10.4. The molecule has 1 heterocycles. The molecule has 1 aromatic heterocycles. The van der Waals surface area contributed by atoms with Crippen LogP contribution in [0.2, 0.25) is 0 Å². The van der Waals surface area contributed by atoms with E-state index in [-0.39, 0.29) is 16.8 Å². The van der Waals surface area contributed by atoms with E-state index in [4.69, 9.17) is 5.26 Å². The molecule has 2 aromatic carbocycles. The minimum absolute atomic E-state index is 0.246. The molecule has 0 bridgehead atoms. The Hall–Kier alpha value is -3.07. The van der Waals surface area contributed by atoms with Gasteiger partial charge in [0.25, 0.3) is 0 Å². The second kappa shape index (κ2) is 5.29. The largest absolute Gasteiger partial charge is 0.431 e. The van der Waals surface area contributed by atoms with E-state index in [9.17, 15) is 18.0 Å². The Morgan fingerprint density at radius 2 is 1.78 bits per heavy atom. The van der Waals surface area contributed by atoms with Crippen LogP contribution in [-0.4, -0.2) is 10.8 Å². The van der Waals surface area contributed by atoms with E-state index in [2.05, 4.69) is 0 Å². The van der Waals surface area contributed by atoms with Crippen molar-refractivity contribution in [1.82, 2.24) is 4.98 Å². The number of hydrogen-bond donors (Lipinski definition) is 1. The van der Waals surface area contributed by atoms with E-state index in [0.29, 0.717) is 11.5 Å². The lowest BCUT2D eigenvalue weighted by molar-refractivity contribution is -0.140. The maximum Gasteiger partial charge on any atom is 0.431 e. The van der Waals surface area contributed by atoms with E-state index in [1.807, 2.05) is 4.98 Å². The fourth-order valence-corrected chi connectivity index (χ4v) is 2.43. The minimum Gasteiger partial charge on any atom is -0.347 e. The van der Waals surface area contributed by atoms with Crippen molar-refractivity contribution in [3.05, 3.63) is 71.0 Å². The lowest BCUT2D eigenvalue weighted by Gasteiger charge is -2.05. The van der Waals surface area contributed by atoms with Crippen molar-refractivity contribution in [2.45, 2.75) is 6.18 Å². The van der Waals surface area contributed by atoms with Gasteiger partial charge in [0.1, 0.15) is 17.5 Å². The molecule has 0 saturated carbocycles. The Morgan fingerprint density at radius 1 is 1.09 bits per heavy atom. The lowest BCUT2D eigenvalue weighted by Crippen LogP contribution is -2.08. The molecule has 0 aliphatic rings. The van der Waals surface area contributed by atoms with Crippen LogP contribution in [0.15, 0.2) is 48.5 Å². The Kier molecular flexibility index (Phi) is 3.41. The zero-order chi connectivity index (χ0) is 16.6. The van der Waals surface area contributed by atoms with Gasteiger partial charge in [-0.1, -0.05) is 42.5 Å². The molecule has 6 heteroatoms. The van der Waals surface area contributed by atoms with Crippen molar-refractivity contribution in [2.24, 2.45) is 0 Å². The predicted molar refractivity (Wildman–Crippen MR) is 77.9 cm³/mol. The third kappa shape index (κ3) is 2.57. The Bertz CT molecular complexity index is 943. The number of halogens is 3. The maximum atomic E-state index is 12.8. The zero-order valence-electron chi connectivity index (χ0n) is 11.6. The first-order valence-electron chi connectivity index (χ1n) is 6.64. The highest BCUT2D eigenvalue weighted by molar-refractivity contribution is 6.16. The molecule has 0 aliphatic heterocycles. The number of aromatic nitrogens is 1. The van der Waals surface area contributed by atoms with E-state index < -0.39 is 17.7 Å². The van der Waals surface area contributed by atoms with E-state index in [0.717, 1.165) is 5.39 Å². The minimum atomic E-state index is -4.65. The molecular weight excluding hydrogens is 305 g/mol. The van der Waals surface area contributed by atoms with Gasteiger partial charge in [-0.15, -0.1) is 0 Å². The van der Waals surface area contributed by atoms with Crippen LogP contribution in [0.1, 0.15) is 27.3 Å². The second-order valence-electron chi connectivity index (χ2n) is 4.94. The summed E-state index contributed by atoms with van der Waals surface area (Å²) in [5.74, 6) is -0.645. The number of nitriles is 1. The number of benzene rings is 2. The fourth-order valence-electron chi connectivity index (χ4n) is 2.43. The van der Waals surface area contributed by atoms with Crippen LogP contribution in [0.25, 0.3) is 10.8 Å². The quantitative estimate of drug-likeness (QED) is 0.717. The number of aromatic amines is 1. The second-order valence-corrected chi connectivity index (χ2v) is 4.94. The van der Waals surface area contributed by atoms with Crippen molar-refractivity contribution in [3.8, 4) is 6.07 Å². The molecule has 0 atom stereocenters. The molecule has 1 N–H and O–H groups in total. The number of carbonyl (C=O) groups excluding carboxylic acids is 1. The highest BCUT2D eigenvalue weighted by Crippen LogP contribution is 2.31. The average Bonchev–Trinajstić information content (AvgIpc) is 2.98. The van der Waals surface area contributed by atoms with Crippen molar-refractivity contribution in [3.63, 3.8) is 0 Å². The van der Waals surface area contributed by atoms with Gasteiger partial charge in [-0.3, -0.25) is 4.79 Å². The van der Waals surface area contributed by atoms with Gasteiger partial charge in [0, 0.05) is 5.56 Å². The van der Waals surface area contributed by atoms with E-state index in [1.165, 1.54) is 6.07 Å². The molecule has 23 heavy (non-hydrogen) atoms. The molecule has 3 rings (SSSR count). The summed E-state index contributed by atoms with van der Waals surface area (Å²) in [6.07, 6.45) is -4.65. The molecule has 0 fully saturated rings. The van der Waals surface area contributed by atoms with Gasteiger partial charge in [0.15, 0.2) is 0 Å². The molecule has 3 aromatic rings. The Morgan fingerprint density at radius 3 is 2.48 bits per heavy atom. The molecule has 0 spiro atoms. The summed E-state index contributed by atoms with van der Waals surface area (Å²) in [6.45, 7) is 0. The first kappa shape index (κ1) is 14.9. The first-order valence-corrected chi connectivity index (χ1v) is 6.64. The number of H-pyrrole nitrogens is 1. The van der Waals surface area contributed by atoms with Crippen molar-refractivity contribution < 1.29 is 18.0 Å². The first-order chi connectivity index (χ1) is 10.9. The summed E-state index contributed by atoms with van der Waals surface area (Å²) in [5.41, 5.74) is -1.54. The number of alkyl halides is 3. The molecule has 0 saturated heterocycles. The predicted octanol–water partition coefficient (Wildman–Crippen LogP) is 4.29. The molecule has 0 aliphatic carbocycles. The van der Waals surface area contributed by atoms with Crippen molar-refractivity contribution >= 4 is 16.6 Å².